The lowest BCUT2D eigenvalue weighted by atomic mass is 9.95. The first-order valence-electron chi connectivity index (χ1n) is 4.16. The Morgan fingerprint density at radius 3 is 2.67 bits per heavy atom. The summed E-state index contributed by atoms with van der Waals surface area (Å²) in [5, 5.41) is 3.34. The standard InChI is InChI=1S/C8H13N3.ClH/c1-3-9-4-2-7(1)8-5-10-6-11-8;/h5-7,9H,1-4H2,(H,10,11);1H. The number of nitrogens with one attached hydrogen (secondary N) is 2. The molecular formula is C8H14ClN3. The molecule has 1 fully saturated rings. The summed E-state index contributed by atoms with van der Waals surface area (Å²) in [5.74, 6) is 0.683. The molecule has 2 rings (SSSR count). The lowest BCUT2D eigenvalue weighted by Gasteiger charge is -2.20. The van der Waals surface area contributed by atoms with Gasteiger partial charge in [-0.2, -0.15) is 0 Å². The van der Waals surface area contributed by atoms with Gasteiger partial charge in [0.25, 0.3) is 0 Å². The van der Waals surface area contributed by atoms with Gasteiger partial charge in [0.2, 0.25) is 0 Å². The van der Waals surface area contributed by atoms with E-state index in [-0.39, 0.29) is 12.4 Å². The minimum Gasteiger partial charge on any atom is -0.351 e. The molecule has 68 valence electrons. The zero-order chi connectivity index (χ0) is 7.52. The van der Waals surface area contributed by atoms with Crippen molar-refractivity contribution in [3.8, 4) is 0 Å². The van der Waals surface area contributed by atoms with Gasteiger partial charge in [0.05, 0.1) is 12.0 Å². The first-order valence-corrected chi connectivity index (χ1v) is 4.16. The molecule has 0 bridgehead atoms. The molecule has 0 saturated carbocycles. The van der Waals surface area contributed by atoms with E-state index in [9.17, 15) is 0 Å². The van der Waals surface area contributed by atoms with Crippen LogP contribution < -0.4 is 5.32 Å². The van der Waals surface area contributed by atoms with Crippen molar-refractivity contribution in [2.75, 3.05) is 13.1 Å². The molecule has 4 heteroatoms. The average Bonchev–Trinajstić information content (AvgIpc) is 2.58. The zero-order valence-electron chi connectivity index (χ0n) is 6.92. The molecule has 0 amide bonds. The third-order valence-electron chi connectivity index (χ3n) is 2.28. The summed E-state index contributed by atoms with van der Waals surface area (Å²) in [6.07, 6.45) is 6.23. The minimum absolute atomic E-state index is 0. The van der Waals surface area contributed by atoms with E-state index in [1.807, 2.05) is 6.20 Å². The number of H-pyrrole nitrogens is 1. The second-order valence-electron chi connectivity index (χ2n) is 3.02. The van der Waals surface area contributed by atoms with Crippen molar-refractivity contribution >= 4 is 12.4 Å². The predicted octanol–water partition coefficient (Wildman–Crippen LogP) is 1.30. The Labute approximate surface area is 78.4 Å². The summed E-state index contributed by atoms with van der Waals surface area (Å²) in [5.41, 5.74) is 1.23. The summed E-state index contributed by atoms with van der Waals surface area (Å²) in [4.78, 5) is 7.25. The SMILES string of the molecule is Cl.c1nc(C2CCNCC2)c[nH]1. The number of aromatic nitrogens is 2. The molecule has 0 radical (unpaired) electrons. The molecule has 0 aromatic carbocycles. The number of nitrogens with zero attached hydrogens (tertiary/aromatic N) is 1. The van der Waals surface area contributed by atoms with Crippen LogP contribution in [-0.2, 0) is 0 Å². The van der Waals surface area contributed by atoms with Gasteiger partial charge in [-0.15, -0.1) is 12.4 Å². The third-order valence-corrected chi connectivity index (χ3v) is 2.28. The number of rotatable bonds is 1. The summed E-state index contributed by atoms with van der Waals surface area (Å²) in [6.45, 7) is 2.27. The van der Waals surface area contributed by atoms with Crippen LogP contribution in [0.15, 0.2) is 12.5 Å². The van der Waals surface area contributed by atoms with Gasteiger partial charge in [0.1, 0.15) is 0 Å². The Kier molecular flexibility index (Phi) is 3.56. The van der Waals surface area contributed by atoms with E-state index in [0.29, 0.717) is 5.92 Å². The molecule has 3 nitrogen and oxygen atoms in total. The maximum atomic E-state index is 4.26. The van der Waals surface area contributed by atoms with Crippen molar-refractivity contribution < 1.29 is 0 Å². The van der Waals surface area contributed by atoms with Crippen LogP contribution in [0.5, 0.6) is 0 Å². The van der Waals surface area contributed by atoms with Gasteiger partial charge in [-0.1, -0.05) is 0 Å². The van der Waals surface area contributed by atoms with Gasteiger partial charge in [-0.3, -0.25) is 0 Å². The number of hydrogen-bond acceptors (Lipinski definition) is 2. The van der Waals surface area contributed by atoms with Crippen molar-refractivity contribution in [1.82, 2.24) is 15.3 Å². The highest BCUT2D eigenvalue weighted by Crippen LogP contribution is 2.22. The maximum Gasteiger partial charge on any atom is 0.0923 e. The Hall–Kier alpha value is -0.540. The summed E-state index contributed by atoms with van der Waals surface area (Å²) >= 11 is 0. The maximum absolute atomic E-state index is 4.26. The van der Waals surface area contributed by atoms with Crippen molar-refractivity contribution in [3.05, 3.63) is 18.2 Å². The molecule has 1 aromatic rings. The molecule has 2 N–H and O–H groups in total. The highest BCUT2D eigenvalue weighted by molar-refractivity contribution is 5.85. The van der Waals surface area contributed by atoms with E-state index in [4.69, 9.17) is 0 Å². The van der Waals surface area contributed by atoms with E-state index >= 15 is 0 Å². The predicted molar refractivity (Wildman–Crippen MR) is 50.7 cm³/mol. The number of halogens is 1. The third kappa shape index (κ3) is 1.99. The van der Waals surface area contributed by atoms with Gasteiger partial charge in [-0.05, 0) is 25.9 Å². The van der Waals surface area contributed by atoms with Crippen LogP contribution in [0, 0.1) is 0 Å². The molecule has 2 heterocycles. The molecule has 1 saturated heterocycles. The smallest absolute Gasteiger partial charge is 0.0923 e. The van der Waals surface area contributed by atoms with Gasteiger partial charge in [0.15, 0.2) is 0 Å². The van der Waals surface area contributed by atoms with Crippen molar-refractivity contribution in [3.63, 3.8) is 0 Å². The average molecular weight is 188 g/mol. The van der Waals surface area contributed by atoms with Crippen molar-refractivity contribution in [2.24, 2.45) is 0 Å². The van der Waals surface area contributed by atoms with Crippen molar-refractivity contribution in [2.45, 2.75) is 18.8 Å². The normalized spacial score (nSPS) is 18.7. The van der Waals surface area contributed by atoms with Crippen LogP contribution in [0.1, 0.15) is 24.5 Å². The molecule has 0 unspecified atom stereocenters. The molecular weight excluding hydrogens is 174 g/mol. The van der Waals surface area contributed by atoms with Gasteiger partial charge >= 0.3 is 0 Å². The van der Waals surface area contributed by atoms with Crippen LogP contribution in [-0.4, -0.2) is 23.1 Å². The molecule has 1 aromatic heterocycles. The topological polar surface area (TPSA) is 40.7 Å². The molecule has 1 aliphatic rings. The number of imidazole rings is 1. The summed E-state index contributed by atoms with van der Waals surface area (Å²) in [6, 6.07) is 0. The fourth-order valence-electron chi connectivity index (χ4n) is 1.61. The monoisotopic (exact) mass is 187 g/mol. The Morgan fingerprint density at radius 1 is 1.33 bits per heavy atom. The Morgan fingerprint density at radius 2 is 2.08 bits per heavy atom. The summed E-state index contributed by atoms with van der Waals surface area (Å²) in [7, 11) is 0. The second kappa shape index (κ2) is 4.48. The zero-order valence-corrected chi connectivity index (χ0v) is 7.73. The highest BCUT2D eigenvalue weighted by Gasteiger charge is 2.15. The van der Waals surface area contributed by atoms with Gasteiger partial charge < -0.3 is 10.3 Å². The molecule has 0 spiro atoms. The fraction of sp³-hybridized carbons (Fsp3) is 0.625. The Balaban J connectivity index is 0.000000720. The molecule has 1 aliphatic heterocycles. The largest absolute Gasteiger partial charge is 0.351 e. The van der Waals surface area contributed by atoms with Crippen molar-refractivity contribution in [1.29, 1.82) is 0 Å². The van der Waals surface area contributed by atoms with E-state index < -0.39 is 0 Å². The first-order chi connectivity index (χ1) is 5.47. The van der Waals surface area contributed by atoms with E-state index in [0.717, 1.165) is 13.1 Å². The Bertz CT molecular complexity index is 204. The number of aromatic amines is 1. The first kappa shape index (κ1) is 9.55. The lowest BCUT2D eigenvalue weighted by molar-refractivity contribution is 0.454. The van der Waals surface area contributed by atoms with Gasteiger partial charge in [0, 0.05) is 12.1 Å². The van der Waals surface area contributed by atoms with Crippen LogP contribution in [0.4, 0.5) is 0 Å². The van der Waals surface area contributed by atoms with Crippen LogP contribution in [0.25, 0.3) is 0 Å². The van der Waals surface area contributed by atoms with Crippen LogP contribution >= 0.6 is 12.4 Å². The quantitative estimate of drug-likeness (QED) is 0.696. The lowest BCUT2D eigenvalue weighted by Crippen LogP contribution is -2.26. The number of piperidine rings is 1. The van der Waals surface area contributed by atoms with E-state index in [2.05, 4.69) is 15.3 Å². The van der Waals surface area contributed by atoms with E-state index in [1.165, 1.54) is 18.5 Å². The van der Waals surface area contributed by atoms with Gasteiger partial charge in [-0.25, -0.2) is 4.98 Å². The van der Waals surface area contributed by atoms with E-state index in [1.54, 1.807) is 6.33 Å². The molecule has 0 aliphatic carbocycles. The molecule has 0 atom stereocenters. The second-order valence-corrected chi connectivity index (χ2v) is 3.02. The highest BCUT2D eigenvalue weighted by atomic mass is 35.5. The van der Waals surface area contributed by atoms with Crippen LogP contribution in [0.2, 0.25) is 0 Å². The van der Waals surface area contributed by atoms with Crippen LogP contribution in [0.3, 0.4) is 0 Å². The fourth-order valence-corrected chi connectivity index (χ4v) is 1.61. The summed E-state index contributed by atoms with van der Waals surface area (Å²) < 4.78 is 0. The minimum atomic E-state index is 0. The number of hydrogen-bond donors (Lipinski definition) is 2. The molecule has 12 heavy (non-hydrogen) atoms.